The summed E-state index contributed by atoms with van der Waals surface area (Å²) in [6.45, 7) is 5.85. The Hall–Kier alpha value is -0.0800. The van der Waals surface area contributed by atoms with Crippen LogP contribution in [-0.4, -0.2) is 25.8 Å². The van der Waals surface area contributed by atoms with Gasteiger partial charge in [-0.15, -0.1) is 0 Å². The minimum absolute atomic E-state index is 0.574. The van der Waals surface area contributed by atoms with E-state index in [9.17, 15) is 0 Å². The van der Waals surface area contributed by atoms with E-state index in [1.54, 1.807) is 0 Å². The fourth-order valence-corrected chi connectivity index (χ4v) is 3.31. The molecular weight excluding hydrogens is 210 g/mol. The zero-order valence-electron chi connectivity index (χ0n) is 11.4. The van der Waals surface area contributed by atoms with Crippen LogP contribution in [0.4, 0.5) is 0 Å². The molecule has 0 amide bonds. The van der Waals surface area contributed by atoms with Gasteiger partial charge in [0, 0.05) is 6.61 Å². The number of rotatable bonds is 6. The average Bonchev–Trinajstić information content (AvgIpc) is 2.84. The normalized spacial score (nSPS) is 34.1. The molecule has 0 spiro atoms. The first-order valence-electron chi connectivity index (χ1n) is 7.68. The Bertz CT molecular complexity index is 201. The van der Waals surface area contributed by atoms with Crippen LogP contribution in [0.5, 0.6) is 0 Å². The second kappa shape index (κ2) is 7.38. The third kappa shape index (κ3) is 4.59. The maximum atomic E-state index is 5.64. The van der Waals surface area contributed by atoms with Crippen LogP contribution in [-0.2, 0) is 4.74 Å². The molecule has 2 heteroatoms. The van der Waals surface area contributed by atoms with E-state index in [2.05, 4.69) is 12.2 Å². The molecule has 3 unspecified atom stereocenters. The van der Waals surface area contributed by atoms with E-state index in [-0.39, 0.29) is 0 Å². The molecule has 1 aliphatic carbocycles. The first kappa shape index (κ1) is 13.4. The zero-order chi connectivity index (χ0) is 11.9. The first-order chi connectivity index (χ1) is 8.36. The fourth-order valence-electron chi connectivity index (χ4n) is 3.31. The summed E-state index contributed by atoms with van der Waals surface area (Å²) in [6, 6.07) is 0. The van der Waals surface area contributed by atoms with Gasteiger partial charge in [-0.25, -0.2) is 0 Å². The van der Waals surface area contributed by atoms with Crippen molar-refractivity contribution >= 4 is 0 Å². The SMILES string of the molecule is CC1CCCCC1CNCCCC1CCCO1. The Balaban J connectivity index is 1.47. The van der Waals surface area contributed by atoms with Gasteiger partial charge in [-0.05, 0) is 57.0 Å². The van der Waals surface area contributed by atoms with Gasteiger partial charge in [-0.3, -0.25) is 0 Å². The van der Waals surface area contributed by atoms with E-state index < -0.39 is 0 Å². The predicted octanol–water partition coefficient (Wildman–Crippen LogP) is 3.36. The molecule has 0 bridgehead atoms. The van der Waals surface area contributed by atoms with Gasteiger partial charge in [0.05, 0.1) is 6.10 Å². The summed E-state index contributed by atoms with van der Waals surface area (Å²) in [5.41, 5.74) is 0. The summed E-state index contributed by atoms with van der Waals surface area (Å²) < 4.78 is 5.64. The van der Waals surface area contributed by atoms with E-state index in [0.717, 1.165) is 18.4 Å². The first-order valence-corrected chi connectivity index (χ1v) is 7.68. The van der Waals surface area contributed by atoms with Crippen LogP contribution in [0.15, 0.2) is 0 Å². The molecule has 1 saturated heterocycles. The highest BCUT2D eigenvalue weighted by molar-refractivity contribution is 4.74. The maximum Gasteiger partial charge on any atom is 0.0576 e. The predicted molar refractivity (Wildman–Crippen MR) is 72.2 cm³/mol. The van der Waals surface area contributed by atoms with Crippen molar-refractivity contribution in [2.45, 2.75) is 64.4 Å². The molecule has 2 fully saturated rings. The van der Waals surface area contributed by atoms with Crippen molar-refractivity contribution in [2.24, 2.45) is 11.8 Å². The lowest BCUT2D eigenvalue weighted by atomic mass is 9.80. The quantitative estimate of drug-likeness (QED) is 0.718. The highest BCUT2D eigenvalue weighted by Crippen LogP contribution is 2.28. The van der Waals surface area contributed by atoms with Crippen LogP contribution in [0.1, 0.15) is 58.3 Å². The molecule has 1 aliphatic heterocycles. The van der Waals surface area contributed by atoms with Gasteiger partial charge in [-0.2, -0.15) is 0 Å². The van der Waals surface area contributed by atoms with Crippen LogP contribution in [0.25, 0.3) is 0 Å². The lowest BCUT2D eigenvalue weighted by Gasteiger charge is -2.28. The Morgan fingerprint density at radius 3 is 2.76 bits per heavy atom. The fraction of sp³-hybridized carbons (Fsp3) is 1.00. The lowest BCUT2D eigenvalue weighted by molar-refractivity contribution is 0.102. The van der Waals surface area contributed by atoms with Crippen molar-refractivity contribution in [1.82, 2.24) is 5.32 Å². The summed E-state index contributed by atoms with van der Waals surface area (Å²) in [6.07, 6.45) is 11.5. The van der Waals surface area contributed by atoms with Crippen molar-refractivity contribution in [1.29, 1.82) is 0 Å². The van der Waals surface area contributed by atoms with Crippen LogP contribution in [0.2, 0.25) is 0 Å². The van der Waals surface area contributed by atoms with Gasteiger partial charge in [0.25, 0.3) is 0 Å². The Morgan fingerprint density at radius 2 is 2.00 bits per heavy atom. The van der Waals surface area contributed by atoms with Gasteiger partial charge in [0.15, 0.2) is 0 Å². The molecule has 3 atom stereocenters. The van der Waals surface area contributed by atoms with E-state index in [4.69, 9.17) is 4.74 Å². The third-order valence-electron chi connectivity index (χ3n) is 4.60. The average molecular weight is 239 g/mol. The maximum absolute atomic E-state index is 5.64. The second-order valence-electron chi connectivity index (χ2n) is 6.00. The monoisotopic (exact) mass is 239 g/mol. The number of nitrogens with one attached hydrogen (secondary N) is 1. The van der Waals surface area contributed by atoms with Crippen LogP contribution >= 0.6 is 0 Å². The molecule has 17 heavy (non-hydrogen) atoms. The highest BCUT2D eigenvalue weighted by atomic mass is 16.5. The van der Waals surface area contributed by atoms with Crippen LogP contribution in [0.3, 0.4) is 0 Å². The summed E-state index contributed by atoms with van der Waals surface area (Å²) in [5, 5.41) is 3.65. The van der Waals surface area contributed by atoms with Gasteiger partial charge < -0.3 is 10.1 Å². The minimum Gasteiger partial charge on any atom is -0.378 e. The second-order valence-corrected chi connectivity index (χ2v) is 6.00. The largest absolute Gasteiger partial charge is 0.378 e. The van der Waals surface area contributed by atoms with Crippen molar-refractivity contribution < 1.29 is 4.74 Å². The van der Waals surface area contributed by atoms with Crippen LogP contribution in [0, 0.1) is 11.8 Å². The van der Waals surface area contributed by atoms with Crippen molar-refractivity contribution in [3.8, 4) is 0 Å². The van der Waals surface area contributed by atoms with Gasteiger partial charge in [0.1, 0.15) is 0 Å². The Labute approximate surface area is 107 Å². The van der Waals surface area contributed by atoms with Gasteiger partial charge in [-0.1, -0.05) is 26.2 Å². The molecule has 100 valence electrons. The molecule has 1 N–H and O–H groups in total. The van der Waals surface area contributed by atoms with E-state index in [0.29, 0.717) is 6.10 Å². The van der Waals surface area contributed by atoms with Gasteiger partial charge >= 0.3 is 0 Å². The minimum atomic E-state index is 0.574. The van der Waals surface area contributed by atoms with Gasteiger partial charge in [0.2, 0.25) is 0 Å². The molecule has 0 aromatic rings. The molecule has 2 nitrogen and oxygen atoms in total. The van der Waals surface area contributed by atoms with Crippen molar-refractivity contribution in [3.05, 3.63) is 0 Å². The van der Waals surface area contributed by atoms with Crippen molar-refractivity contribution in [3.63, 3.8) is 0 Å². The smallest absolute Gasteiger partial charge is 0.0576 e. The zero-order valence-corrected chi connectivity index (χ0v) is 11.4. The topological polar surface area (TPSA) is 21.3 Å². The molecule has 0 aromatic heterocycles. The van der Waals surface area contributed by atoms with Crippen molar-refractivity contribution in [2.75, 3.05) is 19.7 Å². The number of ether oxygens (including phenoxy) is 1. The summed E-state index contributed by atoms with van der Waals surface area (Å²) in [7, 11) is 0. The molecular formula is C15H29NO. The molecule has 1 saturated carbocycles. The standard InChI is InChI=1S/C15H29NO/c1-13-6-2-3-7-14(13)12-16-10-4-8-15-9-5-11-17-15/h13-16H,2-12H2,1H3. The van der Waals surface area contributed by atoms with E-state index in [1.165, 1.54) is 64.5 Å². The molecule has 1 heterocycles. The summed E-state index contributed by atoms with van der Waals surface area (Å²) in [4.78, 5) is 0. The summed E-state index contributed by atoms with van der Waals surface area (Å²) >= 11 is 0. The number of hydrogen-bond donors (Lipinski definition) is 1. The number of hydrogen-bond acceptors (Lipinski definition) is 2. The molecule has 2 rings (SSSR count). The molecule has 2 aliphatic rings. The summed E-state index contributed by atoms with van der Waals surface area (Å²) in [5.74, 6) is 1.88. The third-order valence-corrected chi connectivity index (χ3v) is 4.60. The lowest BCUT2D eigenvalue weighted by Crippen LogP contribution is -2.30. The van der Waals surface area contributed by atoms with Crippen LogP contribution < -0.4 is 5.32 Å². The highest BCUT2D eigenvalue weighted by Gasteiger charge is 2.20. The van der Waals surface area contributed by atoms with E-state index >= 15 is 0 Å². The Kier molecular flexibility index (Phi) is 5.79. The Morgan fingerprint density at radius 1 is 1.12 bits per heavy atom. The molecule has 0 radical (unpaired) electrons. The van der Waals surface area contributed by atoms with E-state index in [1.807, 2.05) is 0 Å². The molecule has 0 aromatic carbocycles.